The van der Waals surface area contributed by atoms with E-state index in [2.05, 4.69) is 10.3 Å². The molecule has 0 saturated carbocycles. The highest BCUT2D eigenvalue weighted by Gasteiger charge is 2.07. The van der Waals surface area contributed by atoms with Gasteiger partial charge in [0.2, 0.25) is 5.91 Å². The van der Waals surface area contributed by atoms with Crippen LogP contribution in [0, 0.1) is 20.8 Å². The number of hydrogen-bond acceptors (Lipinski definition) is 3. The lowest BCUT2D eigenvalue weighted by atomic mass is 10.1. The summed E-state index contributed by atoms with van der Waals surface area (Å²) in [7, 11) is 0. The Morgan fingerprint density at radius 1 is 1.32 bits per heavy atom. The van der Waals surface area contributed by atoms with Crippen LogP contribution in [0.2, 0.25) is 0 Å². The molecule has 0 aliphatic heterocycles. The Kier molecular flexibility index (Phi) is 4.32. The first-order valence-corrected chi connectivity index (χ1v) is 7.20. The Morgan fingerprint density at radius 3 is 2.79 bits per heavy atom. The second kappa shape index (κ2) is 5.97. The summed E-state index contributed by atoms with van der Waals surface area (Å²) in [6, 6.07) is 6.07. The van der Waals surface area contributed by atoms with Crippen LogP contribution >= 0.6 is 11.3 Å². The average molecular weight is 274 g/mol. The van der Waals surface area contributed by atoms with Crippen molar-refractivity contribution in [1.82, 2.24) is 4.98 Å². The van der Waals surface area contributed by atoms with Gasteiger partial charge in [0.15, 0.2) is 0 Å². The SMILES string of the molecule is Cc1ccc(C)c(NC(=O)CCc2csc(C)n2)c1. The minimum atomic E-state index is 0.0411. The second-order valence-electron chi connectivity index (χ2n) is 4.72. The maximum atomic E-state index is 11.9. The van der Waals surface area contributed by atoms with Gasteiger partial charge in [0, 0.05) is 17.5 Å². The van der Waals surface area contributed by atoms with E-state index in [0.717, 1.165) is 27.5 Å². The lowest BCUT2D eigenvalue weighted by Crippen LogP contribution is -2.13. The van der Waals surface area contributed by atoms with Gasteiger partial charge in [-0.2, -0.15) is 0 Å². The fraction of sp³-hybridized carbons (Fsp3) is 0.333. The van der Waals surface area contributed by atoms with E-state index in [1.807, 2.05) is 44.4 Å². The van der Waals surface area contributed by atoms with Gasteiger partial charge in [-0.05, 0) is 44.4 Å². The highest BCUT2D eigenvalue weighted by atomic mass is 32.1. The number of aromatic nitrogens is 1. The fourth-order valence-electron chi connectivity index (χ4n) is 1.85. The van der Waals surface area contributed by atoms with Crippen LogP contribution < -0.4 is 5.32 Å². The molecule has 0 aliphatic rings. The molecule has 1 aromatic heterocycles. The average Bonchev–Trinajstić information content (AvgIpc) is 2.77. The lowest BCUT2D eigenvalue weighted by molar-refractivity contribution is -0.116. The van der Waals surface area contributed by atoms with Gasteiger partial charge in [-0.25, -0.2) is 4.98 Å². The van der Waals surface area contributed by atoms with Crippen molar-refractivity contribution in [2.75, 3.05) is 5.32 Å². The van der Waals surface area contributed by atoms with Crippen molar-refractivity contribution in [3.8, 4) is 0 Å². The molecule has 0 fully saturated rings. The number of carbonyl (C=O) groups excluding carboxylic acids is 1. The van der Waals surface area contributed by atoms with Crippen molar-refractivity contribution in [2.45, 2.75) is 33.6 Å². The molecule has 0 aliphatic carbocycles. The third-order valence-electron chi connectivity index (χ3n) is 2.94. The highest BCUT2D eigenvalue weighted by molar-refractivity contribution is 7.09. The summed E-state index contributed by atoms with van der Waals surface area (Å²) in [6.07, 6.45) is 1.16. The van der Waals surface area contributed by atoms with Gasteiger partial charge >= 0.3 is 0 Å². The standard InChI is InChI=1S/C15H18N2OS/c1-10-4-5-11(2)14(8-10)17-15(18)7-6-13-9-19-12(3)16-13/h4-5,8-9H,6-7H2,1-3H3,(H,17,18). The molecular formula is C15H18N2OS. The lowest BCUT2D eigenvalue weighted by Gasteiger charge is -2.08. The van der Waals surface area contributed by atoms with Gasteiger partial charge in [-0.3, -0.25) is 4.79 Å². The molecule has 2 rings (SSSR count). The zero-order chi connectivity index (χ0) is 13.8. The number of hydrogen-bond donors (Lipinski definition) is 1. The third kappa shape index (κ3) is 3.89. The van der Waals surface area contributed by atoms with Crippen LogP contribution in [0.25, 0.3) is 0 Å². The maximum absolute atomic E-state index is 11.9. The van der Waals surface area contributed by atoms with Crippen LogP contribution in [-0.4, -0.2) is 10.9 Å². The topological polar surface area (TPSA) is 42.0 Å². The van der Waals surface area contributed by atoms with E-state index in [9.17, 15) is 4.79 Å². The smallest absolute Gasteiger partial charge is 0.224 e. The molecule has 1 N–H and O–H groups in total. The monoisotopic (exact) mass is 274 g/mol. The van der Waals surface area contributed by atoms with E-state index in [-0.39, 0.29) is 5.91 Å². The first kappa shape index (κ1) is 13.7. The molecule has 1 heterocycles. The van der Waals surface area contributed by atoms with Gasteiger partial charge in [-0.1, -0.05) is 12.1 Å². The maximum Gasteiger partial charge on any atom is 0.224 e. The van der Waals surface area contributed by atoms with Crippen LogP contribution in [0.5, 0.6) is 0 Å². The highest BCUT2D eigenvalue weighted by Crippen LogP contribution is 2.17. The van der Waals surface area contributed by atoms with Gasteiger partial charge < -0.3 is 5.32 Å². The molecular weight excluding hydrogens is 256 g/mol. The molecule has 0 saturated heterocycles. The van der Waals surface area contributed by atoms with E-state index < -0.39 is 0 Å². The number of aryl methyl sites for hydroxylation is 4. The number of anilines is 1. The van der Waals surface area contributed by atoms with Crippen LogP contribution in [0.15, 0.2) is 23.6 Å². The first-order chi connectivity index (χ1) is 9.04. The molecule has 4 heteroatoms. The summed E-state index contributed by atoms with van der Waals surface area (Å²) in [5.74, 6) is 0.0411. The minimum absolute atomic E-state index is 0.0411. The molecule has 2 aromatic rings. The van der Waals surface area contributed by atoms with Crippen molar-refractivity contribution < 1.29 is 4.79 Å². The number of rotatable bonds is 4. The van der Waals surface area contributed by atoms with Crippen LogP contribution in [0.4, 0.5) is 5.69 Å². The molecule has 0 spiro atoms. The number of nitrogens with one attached hydrogen (secondary N) is 1. The molecule has 0 unspecified atom stereocenters. The number of benzene rings is 1. The zero-order valence-corrected chi connectivity index (χ0v) is 12.3. The third-order valence-corrected chi connectivity index (χ3v) is 3.76. The van der Waals surface area contributed by atoms with E-state index in [1.54, 1.807) is 11.3 Å². The first-order valence-electron chi connectivity index (χ1n) is 6.32. The summed E-state index contributed by atoms with van der Waals surface area (Å²) < 4.78 is 0. The Bertz CT molecular complexity index is 590. The van der Waals surface area contributed by atoms with Gasteiger partial charge in [-0.15, -0.1) is 11.3 Å². The largest absolute Gasteiger partial charge is 0.326 e. The van der Waals surface area contributed by atoms with Crippen molar-refractivity contribution in [3.05, 3.63) is 45.4 Å². The summed E-state index contributed by atoms with van der Waals surface area (Å²) in [5.41, 5.74) is 4.14. The van der Waals surface area contributed by atoms with Crippen LogP contribution in [0.3, 0.4) is 0 Å². The van der Waals surface area contributed by atoms with Gasteiger partial charge in [0.1, 0.15) is 0 Å². The molecule has 0 atom stereocenters. The number of thiazole rings is 1. The summed E-state index contributed by atoms with van der Waals surface area (Å²) in [4.78, 5) is 16.3. The van der Waals surface area contributed by atoms with E-state index in [0.29, 0.717) is 12.8 Å². The molecule has 100 valence electrons. The van der Waals surface area contributed by atoms with E-state index >= 15 is 0 Å². The van der Waals surface area contributed by atoms with Crippen molar-refractivity contribution in [1.29, 1.82) is 0 Å². The molecule has 0 radical (unpaired) electrons. The zero-order valence-electron chi connectivity index (χ0n) is 11.5. The Morgan fingerprint density at radius 2 is 2.11 bits per heavy atom. The van der Waals surface area contributed by atoms with Crippen molar-refractivity contribution in [3.63, 3.8) is 0 Å². The Hall–Kier alpha value is -1.68. The summed E-state index contributed by atoms with van der Waals surface area (Å²) in [5, 5.41) is 6.03. The Labute approximate surface area is 117 Å². The Balaban J connectivity index is 1.92. The van der Waals surface area contributed by atoms with Crippen LogP contribution in [0.1, 0.15) is 28.2 Å². The predicted octanol–water partition coefficient (Wildman–Crippen LogP) is 3.64. The van der Waals surface area contributed by atoms with Gasteiger partial charge in [0.05, 0.1) is 10.7 Å². The normalized spacial score (nSPS) is 10.5. The minimum Gasteiger partial charge on any atom is -0.326 e. The molecule has 19 heavy (non-hydrogen) atoms. The van der Waals surface area contributed by atoms with Crippen molar-refractivity contribution >= 4 is 22.9 Å². The number of nitrogens with zero attached hydrogens (tertiary/aromatic N) is 1. The van der Waals surface area contributed by atoms with E-state index in [4.69, 9.17) is 0 Å². The summed E-state index contributed by atoms with van der Waals surface area (Å²) >= 11 is 1.62. The number of amides is 1. The van der Waals surface area contributed by atoms with E-state index in [1.165, 1.54) is 0 Å². The molecule has 1 aromatic carbocycles. The van der Waals surface area contributed by atoms with Gasteiger partial charge in [0.25, 0.3) is 0 Å². The fourth-order valence-corrected chi connectivity index (χ4v) is 2.49. The molecule has 1 amide bonds. The predicted molar refractivity (Wildman–Crippen MR) is 79.7 cm³/mol. The second-order valence-corrected chi connectivity index (χ2v) is 5.79. The summed E-state index contributed by atoms with van der Waals surface area (Å²) in [6.45, 7) is 6.00. The molecule has 0 bridgehead atoms. The molecule has 3 nitrogen and oxygen atoms in total. The van der Waals surface area contributed by atoms with Crippen molar-refractivity contribution in [2.24, 2.45) is 0 Å². The quantitative estimate of drug-likeness (QED) is 0.925. The van der Waals surface area contributed by atoms with Crippen LogP contribution in [-0.2, 0) is 11.2 Å². The number of carbonyl (C=O) groups is 1.